The Hall–Kier alpha value is -2.71. The van der Waals surface area contributed by atoms with Gasteiger partial charge in [-0.05, 0) is 42.5 Å². The lowest BCUT2D eigenvalue weighted by molar-refractivity contribution is -0.114. The van der Waals surface area contributed by atoms with Crippen molar-refractivity contribution in [3.8, 4) is 0 Å². The second-order valence-corrected chi connectivity index (χ2v) is 7.11. The molecule has 0 spiro atoms. The van der Waals surface area contributed by atoms with Gasteiger partial charge in [0.1, 0.15) is 5.69 Å². The Labute approximate surface area is 181 Å². The molecule has 29 heavy (non-hydrogen) atoms. The van der Waals surface area contributed by atoms with E-state index in [1.54, 1.807) is 30.3 Å². The highest BCUT2D eigenvalue weighted by atomic mass is 35.5. The molecule has 1 saturated heterocycles. The Morgan fingerprint density at radius 2 is 1.90 bits per heavy atom. The number of carboxylic acid groups (broad SMARTS) is 1. The second-order valence-electron chi connectivity index (χ2n) is 6.27. The monoisotopic (exact) mass is 452 g/mol. The molecule has 0 unspecified atom stereocenters. The highest BCUT2D eigenvalue weighted by Crippen LogP contribution is 2.34. The number of anilines is 2. The fraction of sp³-hybridized carbons (Fsp3) is 0.0526. The van der Waals surface area contributed by atoms with Crippen LogP contribution in [-0.2, 0) is 4.79 Å². The number of nitrogens with zero attached hydrogens (tertiary/aromatic N) is 1. The molecule has 0 saturated carbocycles. The first-order valence-electron chi connectivity index (χ1n) is 8.23. The Bertz CT molecular complexity index is 1160. The third-order valence-corrected chi connectivity index (χ3v) is 4.96. The van der Waals surface area contributed by atoms with Crippen LogP contribution >= 0.6 is 35.6 Å². The number of hydrazine groups is 1. The minimum absolute atomic E-state index is 0. The van der Waals surface area contributed by atoms with Gasteiger partial charge in [0.25, 0.3) is 5.91 Å². The SMILES string of the molecule is Cl.Nc1ccc(N2NC/C(=C\c3c(C(=O)O)[nH]c4cc(Cl)cc(Cl)c34)C2=O)cc1. The lowest BCUT2D eigenvalue weighted by Gasteiger charge is -2.15. The summed E-state index contributed by atoms with van der Waals surface area (Å²) in [5.41, 5.74) is 11.0. The number of H-pyrrole nitrogens is 1. The summed E-state index contributed by atoms with van der Waals surface area (Å²) in [4.78, 5) is 27.3. The molecule has 2 heterocycles. The Kier molecular flexibility index (Phi) is 5.77. The van der Waals surface area contributed by atoms with E-state index in [9.17, 15) is 14.7 Å². The summed E-state index contributed by atoms with van der Waals surface area (Å²) in [7, 11) is 0. The van der Waals surface area contributed by atoms with Gasteiger partial charge in [-0.2, -0.15) is 0 Å². The minimum atomic E-state index is -1.16. The zero-order valence-corrected chi connectivity index (χ0v) is 17.0. The Morgan fingerprint density at radius 1 is 1.21 bits per heavy atom. The molecule has 0 radical (unpaired) electrons. The van der Waals surface area contributed by atoms with Gasteiger partial charge >= 0.3 is 5.97 Å². The topological polar surface area (TPSA) is 111 Å². The fourth-order valence-electron chi connectivity index (χ4n) is 3.16. The number of fused-ring (bicyclic) bond motifs is 1. The molecule has 4 rings (SSSR count). The van der Waals surface area contributed by atoms with Crippen LogP contribution in [-0.4, -0.2) is 28.5 Å². The number of rotatable bonds is 3. The normalized spacial score (nSPS) is 15.2. The van der Waals surface area contributed by atoms with Crippen LogP contribution in [0.2, 0.25) is 10.0 Å². The number of hydrogen-bond donors (Lipinski definition) is 4. The molecule has 1 fully saturated rings. The quantitative estimate of drug-likeness (QED) is 0.352. The zero-order valence-electron chi connectivity index (χ0n) is 14.7. The standard InChI is InChI=1S/C19H14Cl2N4O3.ClH/c20-10-6-14(21)16-13(17(19(27)28)24-15(16)7-10)5-9-8-23-25(18(9)26)12-3-1-11(22)2-4-12;/h1-7,23-24H,8,22H2,(H,27,28);1H/b9-5+;. The van der Waals surface area contributed by atoms with E-state index in [0.29, 0.717) is 43.5 Å². The van der Waals surface area contributed by atoms with E-state index in [4.69, 9.17) is 28.9 Å². The summed E-state index contributed by atoms with van der Waals surface area (Å²) in [5, 5.41) is 12.1. The van der Waals surface area contributed by atoms with E-state index < -0.39 is 5.97 Å². The molecule has 7 nitrogen and oxygen atoms in total. The van der Waals surface area contributed by atoms with E-state index in [1.807, 2.05) is 0 Å². The predicted octanol–water partition coefficient (Wildman–Crippen LogP) is 4.11. The summed E-state index contributed by atoms with van der Waals surface area (Å²) in [6.07, 6.45) is 1.54. The van der Waals surface area contributed by atoms with Crippen LogP contribution < -0.4 is 16.2 Å². The smallest absolute Gasteiger partial charge is 0.352 e. The highest BCUT2D eigenvalue weighted by molar-refractivity contribution is 6.39. The average Bonchev–Trinajstić information content (AvgIpc) is 3.18. The van der Waals surface area contributed by atoms with Crippen molar-refractivity contribution in [1.82, 2.24) is 10.4 Å². The average molecular weight is 454 g/mol. The molecular weight excluding hydrogens is 439 g/mol. The number of carboxylic acids is 1. The van der Waals surface area contributed by atoms with Gasteiger partial charge in [-0.3, -0.25) is 4.79 Å². The van der Waals surface area contributed by atoms with Crippen molar-refractivity contribution in [2.75, 3.05) is 17.3 Å². The van der Waals surface area contributed by atoms with Crippen molar-refractivity contribution in [2.24, 2.45) is 0 Å². The zero-order chi connectivity index (χ0) is 20.0. The molecule has 5 N–H and O–H groups in total. The van der Waals surface area contributed by atoms with Crippen LogP contribution in [0.3, 0.4) is 0 Å². The number of benzene rings is 2. The summed E-state index contributed by atoms with van der Waals surface area (Å²) in [6, 6.07) is 9.94. The van der Waals surface area contributed by atoms with E-state index in [1.165, 1.54) is 17.2 Å². The van der Waals surface area contributed by atoms with Crippen LogP contribution in [0, 0.1) is 0 Å². The summed E-state index contributed by atoms with van der Waals surface area (Å²) in [6.45, 7) is 0.236. The van der Waals surface area contributed by atoms with Gasteiger partial charge in [0.15, 0.2) is 0 Å². The maximum Gasteiger partial charge on any atom is 0.352 e. The molecular formula is C19H15Cl3N4O3. The third-order valence-electron chi connectivity index (χ3n) is 4.44. The third kappa shape index (κ3) is 3.77. The van der Waals surface area contributed by atoms with Crippen LogP contribution in [0.5, 0.6) is 0 Å². The number of hydrogen-bond acceptors (Lipinski definition) is 4. The molecule has 1 aromatic heterocycles. The van der Waals surface area contributed by atoms with Gasteiger partial charge in [-0.1, -0.05) is 23.2 Å². The number of amides is 1. The van der Waals surface area contributed by atoms with Crippen LogP contribution in [0.1, 0.15) is 16.1 Å². The molecule has 0 bridgehead atoms. The predicted molar refractivity (Wildman–Crippen MR) is 117 cm³/mol. The number of nitrogens with one attached hydrogen (secondary N) is 2. The number of aromatic nitrogens is 1. The summed E-state index contributed by atoms with van der Waals surface area (Å²) >= 11 is 12.3. The van der Waals surface area contributed by atoms with E-state index in [-0.39, 0.29) is 30.6 Å². The molecule has 10 heteroatoms. The van der Waals surface area contributed by atoms with E-state index in [2.05, 4.69) is 10.4 Å². The number of nitrogens with two attached hydrogens (primary N) is 1. The van der Waals surface area contributed by atoms with Crippen molar-refractivity contribution in [2.45, 2.75) is 0 Å². The van der Waals surface area contributed by atoms with Gasteiger partial charge < -0.3 is 15.8 Å². The first-order chi connectivity index (χ1) is 13.3. The number of nitrogen functional groups attached to an aromatic ring is 1. The number of aromatic amines is 1. The molecule has 0 atom stereocenters. The van der Waals surface area contributed by atoms with Crippen LogP contribution in [0.4, 0.5) is 11.4 Å². The number of carbonyl (C=O) groups excluding carboxylic acids is 1. The highest BCUT2D eigenvalue weighted by Gasteiger charge is 2.28. The molecule has 1 aliphatic rings. The van der Waals surface area contributed by atoms with Gasteiger partial charge in [-0.15, -0.1) is 12.4 Å². The number of aromatic carboxylic acids is 1. The van der Waals surface area contributed by atoms with Crippen molar-refractivity contribution in [1.29, 1.82) is 0 Å². The lowest BCUT2D eigenvalue weighted by Crippen LogP contribution is -2.34. The van der Waals surface area contributed by atoms with Gasteiger partial charge in [0.05, 0.1) is 10.7 Å². The largest absolute Gasteiger partial charge is 0.477 e. The molecule has 0 aliphatic carbocycles. The maximum absolute atomic E-state index is 12.8. The Morgan fingerprint density at radius 3 is 2.55 bits per heavy atom. The van der Waals surface area contributed by atoms with Crippen molar-refractivity contribution in [3.63, 3.8) is 0 Å². The summed E-state index contributed by atoms with van der Waals surface area (Å²) < 4.78 is 0. The first kappa shape index (κ1) is 21.0. The number of carbonyl (C=O) groups is 2. The molecule has 2 aromatic carbocycles. The molecule has 1 aliphatic heterocycles. The van der Waals surface area contributed by atoms with Crippen molar-refractivity contribution < 1.29 is 14.7 Å². The van der Waals surface area contributed by atoms with Crippen molar-refractivity contribution >= 4 is 75.8 Å². The molecule has 150 valence electrons. The first-order valence-corrected chi connectivity index (χ1v) is 8.99. The maximum atomic E-state index is 12.8. The van der Waals surface area contributed by atoms with E-state index >= 15 is 0 Å². The van der Waals surface area contributed by atoms with E-state index in [0.717, 1.165) is 0 Å². The number of halogens is 3. The second kappa shape index (κ2) is 7.96. The fourth-order valence-corrected chi connectivity index (χ4v) is 3.76. The summed E-state index contributed by atoms with van der Waals surface area (Å²) in [5.74, 6) is -1.45. The minimum Gasteiger partial charge on any atom is -0.477 e. The van der Waals surface area contributed by atoms with Gasteiger partial charge in [0, 0.05) is 39.3 Å². The van der Waals surface area contributed by atoms with Crippen LogP contribution in [0.25, 0.3) is 17.0 Å². The molecule has 3 aromatic rings. The van der Waals surface area contributed by atoms with Gasteiger partial charge in [0.2, 0.25) is 0 Å². The molecule has 1 amide bonds. The Balaban J connectivity index is 0.00000240. The van der Waals surface area contributed by atoms with Gasteiger partial charge in [-0.25, -0.2) is 15.2 Å². The lowest BCUT2D eigenvalue weighted by atomic mass is 10.1. The van der Waals surface area contributed by atoms with Crippen LogP contribution in [0.15, 0.2) is 42.0 Å². The van der Waals surface area contributed by atoms with Crippen molar-refractivity contribution in [3.05, 3.63) is 63.3 Å².